The molecule has 2 aliphatic rings. The van der Waals surface area contributed by atoms with E-state index < -0.39 is 5.97 Å². The third kappa shape index (κ3) is 3.28. The van der Waals surface area contributed by atoms with Gasteiger partial charge in [0.25, 0.3) is 0 Å². The Balaban J connectivity index is 1.68. The molecule has 1 N–H and O–H groups in total. The van der Waals surface area contributed by atoms with Crippen molar-refractivity contribution in [2.75, 3.05) is 6.54 Å². The van der Waals surface area contributed by atoms with Crippen molar-refractivity contribution >= 4 is 23.2 Å². The minimum atomic E-state index is -0.901. The molecule has 0 spiro atoms. The summed E-state index contributed by atoms with van der Waals surface area (Å²) in [6.45, 7) is -0.143. The van der Waals surface area contributed by atoms with E-state index in [9.17, 15) is 9.59 Å². The van der Waals surface area contributed by atoms with E-state index in [1.54, 1.807) is 16.2 Å². The van der Waals surface area contributed by atoms with E-state index in [1.165, 1.54) is 12.0 Å². The van der Waals surface area contributed by atoms with Crippen molar-refractivity contribution in [1.29, 1.82) is 0 Å². The molecule has 2 atom stereocenters. The number of aliphatic carboxylic acids is 1. The first kappa shape index (κ1) is 14.6. The van der Waals surface area contributed by atoms with E-state index >= 15 is 0 Å². The molecule has 0 saturated heterocycles. The highest BCUT2D eigenvalue weighted by atomic mass is 32.1. The molecule has 0 radical (unpaired) electrons. The maximum Gasteiger partial charge on any atom is 0.323 e. The fourth-order valence-corrected chi connectivity index (χ4v) is 4.19. The summed E-state index contributed by atoms with van der Waals surface area (Å²) in [6.07, 6.45) is 6.19. The van der Waals surface area contributed by atoms with E-state index in [2.05, 4.69) is 11.4 Å². The van der Waals surface area contributed by atoms with Crippen LogP contribution < -0.4 is 0 Å². The Morgan fingerprint density at radius 3 is 2.67 bits per heavy atom. The molecule has 1 heterocycles. The van der Waals surface area contributed by atoms with Gasteiger partial charge in [0.05, 0.1) is 0 Å². The summed E-state index contributed by atoms with van der Waals surface area (Å²) in [5.74, 6) is -0.535. The van der Waals surface area contributed by atoms with Gasteiger partial charge in [-0.2, -0.15) is 11.3 Å². The Kier molecular flexibility index (Phi) is 4.29. The SMILES string of the molecule is O=C(O)CN(C(=O)[C@@H]1C[C@H]1c1ccsc1)C1CCCCC1. The van der Waals surface area contributed by atoms with Crippen LogP contribution in [0.5, 0.6) is 0 Å². The van der Waals surface area contributed by atoms with Crippen LogP contribution in [0.4, 0.5) is 0 Å². The lowest BCUT2D eigenvalue weighted by atomic mass is 9.93. The molecule has 1 aromatic heterocycles. The predicted molar refractivity (Wildman–Crippen MR) is 81.4 cm³/mol. The quantitative estimate of drug-likeness (QED) is 0.909. The van der Waals surface area contributed by atoms with Gasteiger partial charge in [-0.05, 0) is 47.6 Å². The molecular formula is C16H21NO3S. The van der Waals surface area contributed by atoms with Crippen molar-refractivity contribution < 1.29 is 14.7 Å². The zero-order chi connectivity index (χ0) is 14.8. The third-order valence-corrected chi connectivity index (χ3v) is 5.38. The maximum absolute atomic E-state index is 12.7. The van der Waals surface area contributed by atoms with Gasteiger partial charge in [0.1, 0.15) is 6.54 Å². The number of carboxylic acids is 1. The highest BCUT2D eigenvalue weighted by Gasteiger charge is 2.47. The van der Waals surface area contributed by atoms with Crippen molar-refractivity contribution in [3.05, 3.63) is 22.4 Å². The number of thiophene rings is 1. The maximum atomic E-state index is 12.7. The molecule has 2 aliphatic carbocycles. The van der Waals surface area contributed by atoms with E-state index in [1.807, 2.05) is 5.38 Å². The zero-order valence-electron chi connectivity index (χ0n) is 12.0. The molecule has 3 rings (SSSR count). The average molecular weight is 307 g/mol. The van der Waals surface area contributed by atoms with Crippen LogP contribution >= 0.6 is 11.3 Å². The fourth-order valence-electron chi connectivity index (χ4n) is 3.46. The van der Waals surface area contributed by atoms with Crippen LogP contribution in [-0.4, -0.2) is 34.5 Å². The molecule has 0 aliphatic heterocycles. The monoisotopic (exact) mass is 307 g/mol. The molecule has 5 heteroatoms. The summed E-state index contributed by atoms with van der Waals surface area (Å²) in [6, 6.07) is 2.20. The average Bonchev–Trinajstić information content (AvgIpc) is 3.10. The second-order valence-corrected chi connectivity index (χ2v) is 6.94. The van der Waals surface area contributed by atoms with Gasteiger partial charge in [-0.3, -0.25) is 9.59 Å². The molecular weight excluding hydrogens is 286 g/mol. The molecule has 1 amide bonds. The van der Waals surface area contributed by atoms with Crippen molar-refractivity contribution in [1.82, 2.24) is 4.90 Å². The van der Waals surface area contributed by atoms with Gasteiger partial charge in [-0.15, -0.1) is 0 Å². The van der Waals surface area contributed by atoms with E-state index in [0.717, 1.165) is 32.1 Å². The summed E-state index contributed by atoms with van der Waals surface area (Å²) >= 11 is 1.65. The fraction of sp³-hybridized carbons (Fsp3) is 0.625. The Labute approximate surface area is 128 Å². The van der Waals surface area contributed by atoms with Gasteiger partial charge in [-0.25, -0.2) is 0 Å². The highest BCUT2D eigenvalue weighted by Crippen LogP contribution is 2.49. The van der Waals surface area contributed by atoms with E-state index in [-0.39, 0.29) is 24.4 Å². The van der Waals surface area contributed by atoms with Gasteiger partial charge in [0, 0.05) is 12.0 Å². The number of hydrogen-bond acceptors (Lipinski definition) is 3. The first-order chi connectivity index (χ1) is 10.2. The molecule has 114 valence electrons. The number of carbonyl (C=O) groups is 2. The van der Waals surface area contributed by atoms with Crippen molar-refractivity contribution in [2.45, 2.75) is 50.5 Å². The van der Waals surface area contributed by atoms with Crippen LogP contribution in [0.3, 0.4) is 0 Å². The number of nitrogens with zero attached hydrogens (tertiary/aromatic N) is 1. The van der Waals surface area contributed by atoms with Crippen LogP contribution in [0.2, 0.25) is 0 Å². The molecule has 21 heavy (non-hydrogen) atoms. The predicted octanol–water partition coefficient (Wildman–Crippen LogP) is 3.10. The molecule has 4 nitrogen and oxygen atoms in total. The number of rotatable bonds is 5. The molecule has 0 unspecified atom stereocenters. The first-order valence-corrected chi connectivity index (χ1v) is 8.65. The lowest BCUT2D eigenvalue weighted by Gasteiger charge is -2.33. The normalized spacial score (nSPS) is 25.5. The largest absolute Gasteiger partial charge is 0.480 e. The lowest BCUT2D eigenvalue weighted by Crippen LogP contribution is -2.45. The summed E-state index contributed by atoms with van der Waals surface area (Å²) in [5.41, 5.74) is 1.23. The minimum Gasteiger partial charge on any atom is -0.480 e. The van der Waals surface area contributed by atoms with E-state index in [0.29, 0.717) is 5.92 Å². The number of carboxylic acid groups (broad SMARTS) is 1. The molecule has 2 saturated carbocycles. The number of hydrogen-bond donors (Lipinski definition) is 1. The molecule has 0 bridgehead atoms. The van der Waals surface area contributed by atoms with Gasteiger partial charge >= 0.3 is 5.97 Å². The molecule has 1 aromatic rings. The second kappa shape index (κ2) is 6.18. The van der Waals surface area contributed by atoms with Gasteiger partial charge in [0.15, 0.2) is 0 Å². The van der Waals surface area contributed by atoms with Crippen LogP contribution in [0, 0.1) is 5.92 Å². The highest BCUT2D eigenvalue weighted by molar-refractivity contribution is 7.08. The Morgan fingerprint density at radius 1 is 1.29 bits per heavy atom. The van der Waals surface area contributed by atoms with Crippen molar-refractivity contribution in [3.63, 3.8) is 0 Å². The van der Waals surface area contributed by atoms with Crippen molar-refractivity contribution in [3.8, 4) is 0 Å². The minimum absolute atomic E-state index is 0.000812. The summed E-state index contributed by atoms with van der Waals surface area (Å²) in [7, 11) is 0. The van der Waals surface area contributed by atoms with Gasteiger partial charge in [0.2, 0.25) is 5.91 Å². The topological polar surface area (TPSA) is 57.6 Å². The standard InChI is InChI=1S/C16H21NO3S/c18-15(19)9-17(12-4-2-1-3-5-12)16(20)14-8-13(14)11-6-7-21-10-11/h6-7,10,12-14H,1-5,8-9H2,(H,18,19)/t13-,14+/m0/s1. The number of amides is 1. The Bertz CT molecular complexity index is 508. The zero-order valence-corrected chi connectivity index (χ0v) is 12.8. The third-order valence-electron chi connectivity index (χ3n) is 4.68. The van der Waals surface area contributed by atoms with Crippen LogP contribution in [-0.2, 0) is 9.59 Å². The second-order valence-electron chi connectivity index (χ2n) is 6.16. The summed E-state index contributed by atoms with van der Waals surface area (Å²) in [4.78, 5) is 25.5. The lowest BCUT2D eigenvalue weighted by molar-refractivity contribution is -0.147. The smallest absolute Gasteiger partial charge is 0.323 e. The van der Waals surface area contributed by atoms with E-state index in [4.69, 9.17) is 5.11 Å². The molecule has 2 fully saturated rings. The van der Waals surface area contributed by atoms with Gasteiger partial charge < -0.3 is 10.0 Å². The first-order valence-electron chi connectivity index (χ1n) is 7.71. The van der Waals surface area contributed by atoms with Crippen LogP contribution in [0.15, 0.2) is 16.8 Å². The molecule has 0 aromatic carbocycles. The van der Waals surface area contributed by atoms with Crippen molar-refractivity contribution in [2.24, 2.45) is 5.92 Å². The van der Waals surface area contributed by atoms with Gasteiger partial charge in [-0.1, -0.05) is 19.3 Å². The van der Waals surface area contributed by atoms with Crippen LogP contribution in [0.1, 0.15) is 50.0 Å². The Hall–Kier alpha value is -1.36. The van der Waals surface area contributed by atoms with Crippen LogP contribution in [0.25, 0.3) is 0 Å². The Morgan fingerprint density at radius 2 is 2.05 bits per heavy atom. The summed E-state index contributed by atoms with van der Waals surface area (Å²) < 4.78 is 0. The summed E-state index contributed by atoms with van der Waals surface area (Å²) in [5, 5.41) is 13.3. The number of carbonyl (C=O) groups excluding carboxylic acids is 1.